The molecule has 2 N–H and O–H groups in total. The number of benzene rings is 2. The van der Waals surface area contributed by atoms with Gasteiger partial charge in [0, 0.05) is 43.0 Å². The first-order valence-corrected chi connectivity index (χ1v) is 10.4. The maximum Gasteiger partial charge on any atom is 0.259 e. The number of fused-ring (bicyclic) bond motifs is 2. The molecule has 3 unspecified atom stereocenters. The van der Waals surface area contributed by atoms with Gasteiger partial charge in [0.25, 0.3) is 17.2 Å². The van der Waals surface area contributed by atoms with Gasteiger partial charge in [0.15, 0.2) is 0 Å². The molecule has 28 heavy (non-hydrogen) atoms. The molecular formula is C20H22FN3O3S. The summed E-state index contributed by atoms with van der Waals surface area (Å²) in [6, 6.07) is 13.8. The molecule has 0 aromatic heterocycles. The van der Waals surface area contributed by atoms with E-state index in [1.807, 2.05) is 17.0 Å². The van der Waals surface area contributed by atoms with Crippen molar-refractivity contribution in [2.75, 3.05) is 17.8 Å². The molecule has 1 amide bonds. The lowest BCUT2D eigenvalue weighted by atomic mass is 10.1. The van der Waals surface area contributed by atoms with Gasteiger partial charge < -0.3 is 4.90 Å². The number of likely N-dealkylation sites (tertiary alicyclic amines) is 1. The Morgan fingerprint density at radius 1 is 1.07 bits per heavy atom. The van der Waals surface area contributed by atoms with Crippen LogP contribution in [-0.2, 0) is 17.8 Å². The first-order valence-electron chi connectivity index (χ1n) is 9.26. The largest absolute Gasteiger partial charge is 0.336 e. The highest BCUT2D eigenvalue weighted by molar-refractivity contribution is 7.80. The van der Waals surface area contributed by atoms with Crippen LogP contribution >= 0.6 is 0 Å². The van der Waals surface area contributed by atoms with Crippen molar-refractivity contribution in [3.63, 3.8) is 0 Å². The van der Waals surface area contributed by atoms with Crippen molar-refractivity contribution in [3.05, 3.63) is 65.5 Å². The van der Waals surface area contributed by atoms with Crippen LogP contribution in [0.5, 0.6) is 0 Å². The molecule has 3 atom stereocenters. The Morgan fingerprint density at radius 2 is 1.68 bits per heavy atom. The van der Waals surface area contributed by atoms with Crippen molar-refractivity contribution in [1.82, 2.24) is 9.80 Å². The van der Waals surface area contributed by atoms with Gasteiger partial charge in [0.2, 0.25) is 0 Å². The number of hydrogen-bond acceptors (Lipinski definition) is 3. The third kappa shape index (κ3) is 4.09. The molecule has 0 aliphatic carbocycles. The summed E-state index contributed by atoms with van der Waals surface area (Å²) in [5, 5.41) is 0. The summed E-state index contributed by atoms with van der Waals surface area (Å²) < 4.78 is 35.2. The second-order valence-corrected chi connectivity index (χ2v) is 8.02. The van der Waals surface area contributed by atoms with E-state index in [1.54, 1.807) is 24.3 Å². The van der Waals surface area contributed by atoms with E-state index in [9.17, 15) is 13.4 Å². The number of carbonyl (C=O) groups excluding carboxylic acids is 1. The molecule has 2 saturated heterocycles. The quantitative estimate of drug-likeness (QED) is 0.753. The second kappa shape index (κ2) is 7.98. The van der Waals surface area contributed by atoms with Crippen molar-refractivity contribution in [3.8, 4) is 0 Å². The van der Waals surface area contributed by atoms with Gasteiger partial charge in [0.1, 0.15) is 5.82 Å². The highest BCUT2D eigenvalue weighted by Crippen LogP contribution is 2.32. The van der Waals surface area contributed by atoms with Crippen LogP contribution in [-0.4, -0.2) is 49.6 Å². The molecule has 0 spiro atoms. The summed E-state index contributed by atoms with van der Waals surface area (Å²) >= 11 is -2.13. The minimum Gasteiger partial charge on any atom is -0.336 e. The van der Waals surface area contributed by atoms with Crippen LogP contribution < -0.4 is 4.72 Å². The molecule has 4 rings (SSSR count). The lowest BCUT2D eigenvalue weighted by Gasteiger charge is -2.41. The fourth-order valence-electron chi connectivity index (χ4n) is 4.18. The number of amides is 1. The van der Waals surface area contributed by atoms with Crippen molar-refractivity contribution in [2.24, 2.45) is 0 Å². The predicted molar refractivity (Wildman–Crippen MR) is 105 cm³/mol. The number of halogens is 1. The molecule has 148 valence electrons. The van der Waals surface area contributed by atoms with Crippen molar-refractivity contribution in [1.29, 1.82) is 0 Å². The summed E-state index contributed by atoms with van der Waals surface area (Å²) in [5.41, 5.74) is 2.14. The average molecular weight is 403 g/mol. The number of anilines is 1. The molecule has 6 nitrogen and oxygen atoms in total. The van der Waals surface area contributed by atoms with Gasteiger partial charge in [-0.25, -0.2) is 8.60 Å². The molecule has 2 aromatic carbocycles. The summed E-state index contributed by atoms with van der Waals surface area (Å²) in [4.78, 5) is 17.2. The van der Waals surface area contributed by atoms with E-state index in [2.05, 4.69) is 9.62 Å². The van der Waals surface area contributed by atoms with E-state index in [0.29, 0.717) is 36.4 Å². The van der Waals surface area contributed by atoms with E-state index in [-0.39, 0.29) is 11.7 Å². The van der Waals surface area contributed by atoms with Gasteiger partial charge in [-0.1, -0.05) is 12.1 Å². The third-order valence-electron chi connectivity index (χ3n) is 5.54. The Balaban J connectivity index is 1.41. The van der Waals surface area contributed by atoms with Crippen molar-refractivity contribution < 1.29 is 17.9 Å². The number of rotatable bonds is 5. The van der Waals surface area contributed by atoms with E-state index in [4.69, 9.17) is 4.55 Å². The van der Waals surface area contributed by atoms with Gasteiger partial charge >= 0.3 is 0 Å². The lowest BCUT2D eigenvalue weighted by Crippen LogP contribution is -2.54. The van der Waals surface area contributed by atoms with Crippen LogP contribution in [0.2, 0.25) is 0 Å². The van der Waals surface area contributed by atoms with Gasteiger partial charge in [0.05, 0.1) is 0 Å². The Kier molecular flexibility index (Phi) is 5.43. The first-order chi connectivity index (χ1) is 13.5. The molecule has 2 aromatic rings. The van der Waals surface area contributed by atoms with Crippen LogP contribution in [0.4, 0.5) is 10.1 Å². The minimum atomic E-state index is -2.13. The summed E-state index contributed by atoms with van der Waals surface area (Å²) in [5.74, 6) is -0.247. The van der Waals surface area contributed by atoms with Gasteiger partial charge in [-0.2, -0.15) is 0 Å². The number of carbonyl (C=O) groups is 1. The predicted octanol–water partition coefficient (Wildman–Crippen LogP) is 2.86. The Bertz CT molecular complexity index is 861. The monoisotopic (exact) mass is 403 g/mol. The van der Waals surface area contributed by atoms with Crippen molar-refractivity contribution >= 4 is 22.9 Å². The Morgan fingerprint density at radius 3 is 2.25 bits per heavy atom. The molecular weight excluding hydrogens is 381 g/mol. The van der Waals surface area contributed by atoms with Crippen LogP contribution in [0.15, 0.2) is 48.5 Å². The van der Waals surface area contributed by atoms with E-state index in [0.717, 1.165) is 24.9 Å². The molecule has 2 heterocycles. The number of hydrogen-bond donors (Lipinski definition) is 2. The van der Waals surface area contributed by atoms with Crippen LogP contribution in [0, 0.1) is 5.82 Å². The SMILES string of the molecule is O=C(c1ccc(NS(=O)O)cc1)N1CC2CCC(C1)N2Cc1ccc(F)cc1. The zero-order valence-corrected chi connectivity index (χ0v) is 16.1. The molecule has 2 aliphatic rings. The summed E-state index contributed by atoms with van der Waals surface area (Å²) in [6.07, 6.45) is 2.11. The highest BCUT2D eigenvalue weighted by Gasteiger charge is 2.41. The van der Waals surface area contributed by atoms with E-state index in [1.165, 1.54) is 12.1 Å². The molecule has 8 heteroatoms. The fourth-order valence-corrected chi connectivity index (χ4v) is 4.52. The smallest absolute Gasteiger partial charge is 0.259 e. The normalized spacial score (nSPS) is 22.9. The number of nitrogens with one attached hydrogen (secondary N) is 1. The zero-order chi connectivity index (χ0) is 19.7. The van der Waals surface area contributed by atoms with E-state index < -0.39 is 11.3 Å². The molecule has 2 fully saturated rings. The van der Waals surface area contributed by atoms with Crippen LogP contribution in [0.3, 0.4) is 0 Å². The summed E-state index contributed by atoms with van der Waals surface area (Å²) in [6.45, 7) is 2.13. The maximum absolute atomic E-state index is 13.1. The Labute approximate surface area is 165 Å². The third-order valence-corrected chi connectivity index (χ3v) is 5.95. The van der Waals surface area contributed by atoms with Gasteiger partial charge in [-0.15, -0.1) is 0 Å². The Hall–Kier alpha value is -2.29. The van der Waals surface area contributed by atoms with Crippen molar-refractivity contribution in [2.45, 2.75) is 31.5 Å². The van der Waals surface area contributed by atoms with E-state index >= 15 is 0 Å². The molecule has 0 radical (unpaired) electrons. The number of nitrogens with zero attached hydrogens (tertiary/aromatic N) is 2. The first kappa shape index (κ1) is 19.0. The second-order valence-electron chi connectivity index (χ2n) is 7.32. The average Bonchev–Trinajstić information content (AvgIpc) is 2.90. The van der Waals surface area contributed by atoms with Crippen LogP contribution in [0.1, 0.15) is 28.8 Å². The maximum atomic E-state index is 13.1. The number of piperazine rings is 1. The minimum absolute atomic E-state index is 0.0185. The molecule has 0 saturated carbocycles. The topological polar surface area (TPSA) is 72.9 Å². The zero-order valence-electron chi connectivity index (χ0n) is 15.3. The fraction of sp³-hybridized carbons (Fsp3) is 0.350. The van der Waals surface area contributed by atoms with Crippen LogP contribution in [0.25, 0.3) is 0 Å². The van der Waals surface area contributed by atoms with Gasteiger partial charge in [-0.05, 0) is 54.8 Å². The molecule has 2 bridgehead atoms. The standard InChI is InChI=1S/C20H22FN3O3S/c21-16-5-1-14(2-6-16)11-24-18-9-10-19(24)13-23(12-18)20(25)15-3-7-17(8-4-15)22-28(26)27/h1-8,18-19,22H,9-13H2,(H,26,27). The lowest BCUT2D eigenvalue weighted by molar-refractivity contribution is 0.0423. The highest BCUT2D eigenvalue weighted by atomic mass is 32.2. The molecule has 2 aliphatic heterocycles. The van der Waals surface area contributed by atoms with Gasteiger partial charge in [-0.3, -0.25) is 19.0 Å². The summed E-state index contributed by atoms with van der Waals surface area (Å²) in [7, 11) is 0.